The van der Waals surface area contributed by atoms with Crippen LogP contribution in [0.25, 0.3) is 5.57 Å². The first-order chi connectivity index (χ1) is 20.7. The second-order valence-electron chi connectivity index (χ2n) is 11.1. The molecule has 0 aliphatic carbocycles. The summed E-state index contributed by atoms with van der Waals surface area (Å²) in [5.41, 5.74) is 5.06. The van der Waals surface area contributed by atoms with E-state index in [1.165, 1.54) is 44.9 Å². The maximum absolute atomic E-state index is 12.3. The molecule has 1 aromatic rings. The van der Waals surface area contributed by atoms with Gasteiger partial charge in [-0.15, -0.1) is 0 Å². The first-order valence-corrected chi connectivity index (χ1v) is 15.7. The molecule has 0 bridgehead atoms. The predicted molar refractivity (Wildman–Crippen MR) is 179 cm³/mol. The first kappa shape index (κ1) is 37.2. The lowest BCUT2D eigenvalue weighted by molar-refractivity contribution is -0.139. The number of carboxylic acid groups (broad SMARTS) is 1. The fourth-order valence-corrected chi connectivity index (χ4v) is 4.50. The topological polar surface area (TPSA) is 90.6 Å². The molecule has 1 aromatic carbocycles. The van der Waals surface area contributed by atoms with Crippen molar-refractivity contribution >= 4 is 23.2 Å². The Morgan fingerprint density at radius 2 is 1.40 bits per heavy atom. The predicted octanol–water partition coefficient (Wildman–Crippen LogP) is 9.36. The second-order valence-corrected chi connectivity index (χ2v) is 11.1. The molecule has 0 spiro atoms. The van der Waals surface area contributed by atoms with Crippen molar-refractivity contribution in [3.63, 3.8) is 0 Å². The van der Waals surface area contributed by atoms with Crippen LogP contribution in [-0.4, -0.2) is 37.2 Å². The highest BCUT2D eigenvalue weighted by Crippen LogP contribution is 2.21. The van der Waals surface area contributed by atoms with Gasteiger partial charge >= 0.3 is 11.9 Å². The van der Waals surface area contributed by atoms with Crippen LogP contribution in [0.15, 0.2) is 77.4 Å². The van der Waals surface area contributed by atoms with Gasteiger partial charge < -0.3 is 14.7 Å². The van der Waals surface area contributed by atoms with E-state index >= 15 is 0 Å². The Hall–Kier alpha value is -3.85. The van der Waals surface area contributed by atoms with E-state index in [1.54, 1.807) is 6.08 Å². The van der Waals surface area contributed by atoms with Gasteiger partial charge in [-0.2, -0.15) is 5.26 Å². The van der Waals surface area contributed by atoms with E-state index in [2.05, 4.69) is 19.9 Å². The molecule has 234 valence electrons. The highest BCUT2D eigenvalue weighted by molar-refractivity contribution is 5.93. The monoisotopic (exact) mass is 588 g/mol. The molecule has 1 rings (SSSR count). The summed E-state index contributed by atoms with van der Waals surface area (Å²) >= 11 is 0. The van der Waals surface area contributed by atoms with Crippen molar-refractivity contribution in [3.05, 3.63) is 83.0 Å². The number of benzene rings is 1. The summed E-state index contributed by atoms with van der Waals surface area (Å²) in [5.74, 6) is -1.37. The zero-order valence-electron chi connectivity index (χ0n) is 27.0. The third kappa shape index (κ3) is 17.6. The summed E-state index contributed by atoms with van der Waals surface area (Å²) in [7, 11) is 1.89. The first-order valence-electron chi connectivity index (χ1n) is 15.7. The molecule has 6 heteroatoms. The number of esters is 1. The zero-order valence-corrected chi connectivity index (χ0v) is 27.0. The van der Waals surface area contributed by atoms with Crippen LogP contribution >= 0.6 is 0 Å². The number of nitriles is 1. The average molecular weight is 589 g/mol. The maximum atomic E-state index is 12.3. The number of carbonyl (C=O) groups excluding carboxylic acids is 1. The molecule has 0 heterocycles. The summed E-state index contributed by atoms with van der Waals surface area (Å²) < 4.78 is 5.32. The van der Waals surface area contributed by atoms with Gasteiger partial charge in [0.05, 0.1) is 13.0 Å². The number of anilines is 1. The molecule has 0 unspecified atom stereocenters. The number of rotatable bonds is 21. The Bertz CT molecular complexity index is 1180. The summed E-state index contributed by atoms with van der Waals surface area (Å²) in [6, 6.07) is 10.0. The molecule has 43 heavy (non-hydrogen) atoms. The van der Waals surface area contributed by atoms with Crippen LogP contribution in [-0.2, 0) is 14.3 Å². The van der Waals surface area contributed by atoms with Crippen molar-refractivity contribution in [3.8, 4) is 6.07 Å². The lowest BCUT2D eigenvalue weighted by Crippen LogP contribution is -2.20. The van der Waals surface area contributed by atoms with Crippen LogP contribution in [0.2, 0.25) is 0 Å². The fraction of sp³-hybridized carbons (Fsp3) is 0.486. The minimum atomic E-state index is -0.803. The summed E-state index contributed by atoms with van der Waals surface area (Å²) in [5, 5.41) is 18.3. The normalized spacial score (nSPS) is 12.8. The van der Waals surface area contributed by atoms with Gasteiger partial charge in [0.2, 0.25) is 0 Å². The van der Waals surface area contributed by atoms with Gasteiger partial charge in [0.25, 0.3) is 0 Å². The number of unbranched alkanes of at least 4 members (excludes halogenated alkanes) is 9. The minimum Gasteiger partial charge on any atom is -0.481 e. The molecular formula is C37H52N2O4. The third-order valence-corrected chi connectivity index (χ3v) is 7.14. The quantitative estimate of drug-likeness (QED) is 0.0506. The second kappa shape index (κ2) is 22.7. The highest BCUT2D eigenvalue weighted by Gasteiger charge is 2.10. The molecule has 0 fully saturated rings. The Morgan fingerprint density at radius 3 is 1.93 bits per heavy atom. The molecule has 0 aliphatic rings. The van der Waals surface area contributed by atoms with Gasteiger partial charge in [0, 0.05) is 19.3 Å². The van der Waals surface area contributed by atoms with E-state index in [-0.39, 0.29) is 12.0 Å². The molecule has 0 saturated carbocycles. The van der Waals surface area contributed by atoms with Crippen molar-refractivity contribution in [1.29, 1.82) is 5.26 Å². The Kier molecular flexibility index (Phi) is 19.6. The standard InChI is InChI=1S/C37H52N2O4/c1-6-7-8-9-10-11-12-13-14-17-26-43-37(42)34(29-38)28-31(3)19-16-15-18-30(2)27-32(4)33-20-22-35(23-21-33)39(5)25-24-36(40)41/h15-16,18-23,27-28H,6-14,17,24-26H2,1-5H3,(H,40,41). The Labute approximate surface area is 260 Å². The number of carbonyl (C=O) groups is 2. The third-order valence-electron chi connectivity index (χ3n) is 7.14. The van der Waals surface area contributed by atoms with Crippen LogP contribution in [0.3, 0.4) is 0 Å². The van der Waals surface area contributed by atoms with Crippen LogP contribution in [0, 0.1) is 11.3 Å². The molecule has 0 atom stereocenters. The molecule has 1 N–H and O–H groups in total. The Balaban J connectivity index is 2.51. The number of hydrogen-bond donors (Lipinski definition) is 1. The van der Waals surface area contributed by atoms with E-state index in [0.29, 0.717) is 13.2 Å². The van der Waals surface area contributed by atoms with Crippen molar-refractivity contribution in [2.45, 2.75) is 98.3 Å². The van der Waals surface area contributed by atoms with E-state index in [4.69, 9.17) is 9.84 Å². The van der Waals surface area contributed by atoms with Crippen molar-refractivity contribution in [1.82, 2.24) is 0 Å². The van der Waals surface area contributed by atoms with Gasteiger partial charge in [-0.25, -0.2) is 4.79 Å². The summed E-state index contributed by atoms with van der Waals surface area (Å²) in [4.78, 5) is 25.0. The average Bonchev–Trinajstić information content (AvgIpc) is 2.99. The van der Waals surface area contributed by atoms with E-state index in [9.17, 15) is 14.9 Å². The number of nitrogens with zero attached hydrogens (tertiary/aromatic N) is 2. The lowest BCUT2D eigenvalue weighted by Gasteiger charge is -2.18. The van der Waals surface area contributed by atoms with Gasteiger partial charge in [-0.1, -0.05) is 113 Å². The van der Waals surface area contributed by atoms with Crippen LogP contribution < -0.4 is 4.90 Å². The molecule has 0 aromatic heterocycles. The number of hydrogen-bond acceptors (Lipinski definition) is 5. The molecule has 0 radical (unpaired) electrons. The Morgan fingerprint density at radius 1 is 0.860 bits per heavy atom. The smallest absolute Gasteiger partial charge is 0.348 e. The van der Waals surface area contributed by atoms with Crippen LogP contribution in [0.5, 0.6) is 0 Å². The summed E-state index contributed by atoms with van der Waals surface area (Å²) in [6.45, 7) is 8.97. The SMILES string of the molecule is CCCCCCCCCCCCOC(=O)C(C#N)=CC(C)=CC=CC=C(C)C=C(C)c1ccc(N(C)CCC(=O)O)cc1. The van der Waals surface area contributed by atoms with Crippen molar-refractivity contribution in [2.75, 3.05) is 25.1 Å². The number of aliphatic carboxylic acids is 1. The van der Waals surface area contributed by atoms with Crippen molar-refractivity contribution in [2.24, 2.45) is 0 Å². The lowest BCUT2D eigenvalue weighted by atomic mass is 10.0. The largest absolute Gasteiger partial charge is 0.481 e. The minimum absolute atomic E-state index is 0.0126. The van der Waals surface area contributed by atoms with Crippen LogP contribution in [0.4, 0.5) is 5.69 Å². The highest BCUT2D eigenvalue weighted by atomic mass is 16.5. The molecular weight excluding hydrogens is 536 g/mol. The van der Waals surface area contributed by atoms with E-state index in [0.717, 1.165) is 47.2 Å². The van der Waals surface area contributed by atoms with E-state index < -0.39 is 11.9 Å². The van der Waals surface area contributed by atoms with Gasteiger partial charge in [0.15, 0.2) is 0 Å². The van der Waals surface area contributed by atoms with Gasteiger partial charge in [-0.3, -0.25) is 4.79 Å². The van der Waals surface area contributed by atoms with Gasteiger partial charge in [-0.05, 0) is 62.1 Å². The summed E-state index contributed by atoms with van der Waals surface area (Å²) in [6.07, 6.45) is 23.6. The maximum Gasteiger partial charge on any atom is 0.348 e. The molecule has 0 saturated heterocycles. The fourth-order valence-electron chi connectivity index (χ4n) is 4.50. The number of ether oxygens (including phenoxy) is 1. The van der Waals surface area contributed by atoms with Crippen LogP contribution in [0.1, 0.15) is 104 Å². The van der Waals surface area contributed by atoms with Gasteiger partial charge in [0.1, 0.15) is 11.6 Å². The molecule has 0 amide bonds. The zero-order chi connectivity index (χ0) is 31.9. The van der Waals surface area contributed by atoms with E-state index in [1.807, 2.05) is 80.4 Å². The number of carboxylic acids is 1. The molecule has 0 aliphatic heterocycles. The molecule has 6 nitrogen and oxygen atoms in total. The van der Waals surface area contributed by atoms with Crippen molar-refractivity contribution < 1.29 is 19.4 Å². The number of allylic oxidation sites excluding steroid dienone is 9.